The Kier molecular flexibility index (Phi) is 9.67. The highest BCUT2D eigenvalue weighted by Crippen LogP contribution is 2.30. The number of aliphatic carboxylic acids is 1. The molecule has 46 heavy (non-hydrogen) atoms. The Morgan fingerprint density at radius 1 is 0.848 bits per heavy atom. The number of nitrogens with zero attached hydrogens (tertiary/aromatic N) is 2. The van der Waals surface area contributed by atoms with E-state index in [0.29, 0.717) is 27.4 Å². The fourth-order valence-electron chi connectivity index (χ4n) is 4.79. The van der Waals surface area contributed by atoms with Crippen LogP contribution in [0.15, 0.2) is 97.3 Å². The van der Waals surface area contributed by atoms with Crippen molar-refractivity contribution < 1.29 is 23.9 Å². The molecular weight excluding hydrogens is 603 g/mol. The minimum absolute atomic E-state index is 0.126. The summed E-state index contributed by atoms with van der Waals surface area (Å²) >= 11 is 1.36. The number of thiophene rings is 1. The van der Waals surface area contributed by atoms with E-state index in [9.17, 15) is 18.8 Å². The summed E-state index contributed by atoms with van der Waals surface area (Å²) in [5, 5.41) is 14.2. The van der Waals surface area contributed by atoms with E-state index in [2.05, 4.69) is 41.4 Å². The largest absolute Gasteiger partial charge is 0.480 e. The molecule has 0 fully saturated rings. The fourth-order valence-corrected chi connectivity index (χ4v) is 5.75. The molecule has 0 spiro atoms. The number of carbonyl (C=O) groups excluding carboxylic acids is 2. The van der Waals surface area contributed by atoms with Gasteiger partial charge in [0.25, 0.3) is 5.91 Å². The minimum atomic E-state index is -1.18. The van der Waals surface area contributed by atoms with Gasteiger partial charge in [-0.05, 0) is 40.3 Å². The number of nitrogens with one attached hydrogen (secondary N) is 2. The Morgan fingerprint density at radius 3 is 2.13 bits per heavy atom. The standard InChI is InChI=1S/C36H33FN4O4S/c1-36(2,3)31-16-15-30(46-31)35(45)41-29(34(44)40-21-32(42)43)17-22-9-11-24(12-10-22)33-38-19-26(20-39-33)25-13-14-27(28(37)18-25)23-7-5-4-6-8-23/h4-16,18-20,29H,17,21H2,1-3H3,(H,40,44)(H,41,45)(H,42,43). The normalized spacial score (nSPS) is 11.9. The topological polar surface area (TPSA) is 121 Å². The van der Waals surface area contributed by atoms with Crippen molar-refractivity contribution in [2.45, 2.75) is 38.6 Å². The molecule has 2 heterocycles. The van der Waals surface area contributed by atoms with E-state index < -0.39 is 30.4 Å². The lowest BCUT2D eigenvalue weighted by molar-refractivity contribution is -0.138. The molecule has 1 atom stereocenters. The second kappa shape index (κ2) is 13.8. The molecule has 2 aromatic heterocycles. The van der Waals surface area contributed by atoms with Gasteiger partial charge in [-0.15, -0.1) is 11.3 Å². The summed E-state index contributed by atoms with van der Waals surface area (Å²) in [6.07, 6.45) is 3.42. The SMILES string of the molecule is CC(C)(C)c1ccc(C(=O)NC(Cc2ccc(-c3ncc(-c4ccc(-c5ccccc5)c(F)c4)cn3)cc2)C(=O)NCC(=O)O)s1. The first-order valence-electron chi connectivity index (χ1n) is 14.7. The lowest BCUT2D eigenvalue weighted by atomic mass is 9.95. The number of hydrogen-bond donors (Lipinski definition) is 3. The quantitative estimate of drug-likeness (QED) is 0.161. The van der Waals surface area contributed by atoms with Crippen molar-refractivity contribution in [1.82, 2.24) is 20.6 Å². The van der Waals surface area contributed by atoms with Gasteiger partial charge in [0.1, 0.15) is 18.4 Å². The zero-order chi connectivity index (χ0) is 32.8. The van der Waals surface area contributed by atoms with Gasteiger partial charge in [0, 0.05) is 40.4 Å². The number of aromatic nitrogens is 2. The van der Waals surface area contributed by atoms with Crippen molar-refractivity contribution in [2.75, 3.05) is 6.54 Å². The maximum absolute atomic E-state index is 14.9. The van der Waals surface area contributed by atoms with E-state index in [4.69, 9.17) is 5.11 Å². The van der Waals surface area contributed by atoms with E-state index in [1.54, 1.807) is 36.7 Å². The van der Waals surface area contributed by atoms with Gasteiger partial charge in [0.2, 0.25) is 5.91 Å². The second-order valence-electron chi connectivity index (χ2n) is 11.8. The Balaban J connectivity index is 1.28. The fraction of sp³-hybridized carbons (Fsp3) is 0.194. The molecular formula is C36H33FN4O4S. The van der Waals surface area contributed by atoms with Crippen LogP contribution in [0.5, 0.6) is 0 Å². The molecule has 0 aliphatic heterocycles. The summed E-state index contributed by atoms with van der Waals surface area (Å²) in [4.78, 5) is 47.5. The lowest BCUT2D eigenvalue weighted by Gasteiger charge is -2.18. The van der Waals surface area contributed by atoms with Gasteiger partial charge in [0.15, 0.2) is 5.82 Å². The highest BCUT2D eigenvalue weighted by molar-refractivity contribution is 7.14. The van der Waals surface area contributed by atoms with Crippen molar-refractivity contribution in [3.63, 3.8) is 0 Å². The van der Waals surface area contributed by atoms with Gasteiger partial charge in [-0.2, -0.15) is 0 Å². The number of carboxylic acids is 1. The Morgan fingerprint density at radius 2 is 1.52 bits per heavy atom. The van der Waals surface area contributed by atoms with E-state index in [1.807, 2.05) is 54.6 Å². The molecule has 10 heteroatoms. The third-order valence-corrected chi connectivity index (χ3v) is 8.81. The van der Waals surface area contributed by atoms with E-state index in [0.717, 1.165) is 21.6 Å². The Labute approximate surface area is 270 Å². The predicted molar refractivity (Wildman–Crippen MR) is 177 cm³/mol. The van der Waals surface area contributed by atoms with Crippen LogP contribution in [-0.2, 0) is 21.4 Å². The molecule has 0 saturated heterocycles. The zero-order valence-corrected chi connectivity index (χ0v) is 26.4. The van der Waals surface area contributed by atoms with Crippen LogP contribution in [0.1, 0.15) is 40.9 Å². The first-order valence-corrected chi connectivity index (χ1v) is 15.5. The third kappa shape index (κ3) is 7.89. The molecule has 1 unspecified atom stereocenters. The zero-order valence-electron chi connectivity index (χ0n) is 25.6. The van der Waals surface area contributed by atoms with Gasteiger partial charge in [-0.25, -0.2) is 14.4 Å². The van der Waals surface area contributed by atoms with E-state index in [1.165, 1.54) is 17.4 Å². The Hall–Kier alpha value is -5.22. The van der Waals surface area contributed by atoms with Gasteiger partial charge in [0.05, 0.1) is 4.88 Å². The van der Waals surface area contributed by atoms with Crippen molar-refractivity contribution in [3.05, 3.63) is 118 Å². The van der Waals surface area contributed by atoms with Crippen LogP contribution < -0.4 is 10.6 Å². The van der Waals surface area contributed by atoms with Crippen molar-refractivity contribution in [2.24, 2.45) is 0 Å². The molecule has 234 valence electrons. The molecule has 0 saturated carbocycles. The van der Waals surface area contributed by atoms with Gasteiger partial charge >= 0.3 is 5.97 Å². The molecule has 3 aromatic carbocycles. The summed E-state index contributed by atoms with van der Waals surface area (Å²) < 4.78 is 14.9. The number of carbonyl (C=O) groups is 3. The smallest absolute Gasteiger partial charge is 0.322 e. The third-order valence-electron chi connectivity index (χ3n) is 7.30. The van der Waals surface area contributed by atoms with E-state index >= 15 is 0 Å². The monoisotopic (exact) mass is 636 g/mol. The van der Waals surface area contributed by atoms with Crippen molar-refractivity contribution >= 4 is 29.1 Å². The van der Waals surface area contributed by atoms with Crippen LogP contribution in [0.2, 0.25) is 0 Å². The molecule has 3 N–H and O–H groups in total. The highest BCUT2D eigenvalue weighted by Gasteiger charge is 2.25. The van der Waals surface area contributed by atoms with Crippen LogP contribution in [0.3, 0.4) is 0 Å². The molecule has 5 aromatic rings. The van der Waals surface area contributed by atoms with Crippen molar-refractivity contribution in [3.8, 4) is 33.6 Å². The average Bonchev–Trinajstić information content (AvgIpc) is 3.56. The van der Waals surface area contributed by atoms with Gasteiger partial charge in [-0.1, -0.05) is 87.5 Å². The number of halogens is 1. The first-order chi connectivity index (χ1) is 22.0. The van der Waals surface area contributed by atoms with E-state index in [-0.39, 0.29) is 17.7 Å². The minimum Gasteiger partial charge on any atom is -0.480 e. The van der Waals surface area contributed by atoms with Crippen LogP contribution >= 0.6 is 11.3 Å². The second-order valence-corrected chi connectivity index (χ2v) is 12.9. The first kappa shape index (κ1) is 32.2. The molecule has 5 rings (SSSR count). The maximum Gasteiger partial charge on any atom is 0.322 e. The van der Waals surface area contributed by atoms with Crippen LogP contribution in [0.4, 0.5) is 4.39 Å². The summed E-state index contributed by atoms with van der Waals surface area (Å²) in [7, 11) is 0. The molecule has 0 aliphatic rings. The molecule has 2 amide bonds. The number of amides is 2. The van der Waals surface area contributed by atoms with Gasteiger partial charge in [-0.3, -0.25) is 14.4 Å². The molecule has 0 aliphatic carbocycles. The van der Waals surface area contributed by atoms with Crippen LogP contribution in [-0.4, -0.2) is 45.4 Å². The lowest BCUT2D eigenvalue weighted by Crippen LogP contribution is -2.49. The van der Waals surface area contributed by atoms with Crippen LogP contribution in [0.25, 0.3) is 33.6 Å². The Bertz CT molecular complexity index is 1850. The van der Waals surface area contributed by atoms with Crippen LogP contribution in [0, 0.1) is 5.82 Å². The summed E-state index contributed by atoms with van der Waals surface area (Å²) in [5.41, 5.74) is 3.99. The molecule has 0 radical (unpaired) electrons. The number of benzene rings is 3. The number of rotatable bonds is 10. The summed E-state index contributed by atoms with van der Waals surface area (Å²) in [5.74, 6) is -2.06. The maximum atomic E-state index is 14.9. The van der Waals surface area contributed by atoms with Crippen molar-refractivity contribution in [1.29, 1.82) is 0 Å². The summed E-state index contributed by atoms with van der Waals surface area (Å²) in [6, 6.07) is 24.2. The summed E-state index contributed by atoms with van der Waals surface area (Å²) in [6.45, 7) is 5.60. The average molecular weight is 637 g/mol. The highest BCUT2D eigenvalue weighted by atomic mass is 32.1. The molecule has 0 bridgehead atoms. The number of hydrogen-bond acceptors (Lipinski definition) is 6. The predicted octanol–water partition coefficient (Wildman–Crippen LogP) is 6.52. The molecule has 8 nitrogen and oxygen atoms in total. The van der Waals surface area contributed by atoms with Gasteiger partial charge < -0.3 is 15.7 Å². The number of carboxylic acid groups (broad SMARTS) is 1.